The summed E-state index contributed by atoms with van der Waals surface area (Å²) in [6.07, 6.45) is 2.83. The Labute approximate surface area is 182 Å². The van der Waals surface area contributed by atoms with Crippen LogP contribution in [0.4, 0.5) is 5.69 Å². The Morgan fingerprint density at radius 1 is 1.19 bits per heavy atom. The minimum absolute atomic E-state index is 0.0149. The van der Waals surface area contributed by atoms with Crippen LogP contribution < -0.4 is 15.4 Å². The summed E-state index contributed by atoms with van der Waals surface area (Å²) in [5.41, 5.74) is 2.67. The third-order valence-electron chi connectivity index (χ3n) is 5.34. The number of H-pyrrole nitrogens is 1. The number of aromatic nitrogens is 3. The number of anilines is 1. The fraction of sp³-hybridized carbons (Fsp3) is 0.286. The fourth-order valence-electron chi connectivity index (χ4n) is 3.72. The third-order valence-corrected chi connectivity index (χ3v) is 5.34. The van der Waals surface area contributed by atoms with Gasteiger partial charge in [-0.25, -0.2) is 9.97 Å². The van der Waals surface area contributed by atoms with Gasteiger partial charge in [0, 0.05) is 25.8 Å². The molecule has 0 bridgehead atoms. The highest BCUT2D eigenvalue weighted by atomic mass is 16.5. The molecule has 3 aromatic rings. The van der Waals surface area contributed by atoms with Gasteiger partial charge in [0.2, 0.25) is 0 Å². The van der Waals surface area contributed by atoms with Crippen molar-refractivity contribution in [2.45, 2.75) is 6.54 Å². The average Bonchev–Trinajstić information content (AvgIpc) is 3.26. The van der Waals surface area contributed by atoms with Crippen LogP contribution in [-0.4, -0.2) is 70.5 Å². The molecule has 164 valence electrons. The molecule has 11 heteroatoms. The number of carbonyl (C=O) groups is 3. The Kier molecular flexibility index (Phi) is 5.15. The van der Waals surface area contributed by atoms with Crippen LogP contribution in [0, 0.1) is 0 Å². The lowest BCUT2D eigenvalue weighted by atomic mass is 10.1. The van der Waals surface area contributed by atoms with Gasteiger partial charge in [0.25, 0.3) is 17.7 Å². The van der Waals surface area contributed by atoms with E-state index in [1.807, 2.05) is 0 Å². The van der Waals surface area contributed by atoms with E-state index in [1.54, 1.807) is 29.3 Å². The molecule has 11 nitrogen and oxygen atoms in total. The first kappa shape index (κ1) is 19.9. The summed E-state index contributed by atoms with van der Waals surface area (Å²) in [5.74, 6) is -0.220. The van der Waals surface area contributed by atoms with E-state index >= 15 is 0 Å². The Balaban J connectivity index is 1.33. The summed E-state index contributed by atoms with van der Waals surface area (Å²) in [6, 6.07) is 5.30. The van der Waals surface area contributed by atoms with Crippen LogP contribution in [0.5, 0.6) is 5.75 Å². The molecule has 0 aliphatic carbocycles. The predicted molar refractivity (Wildman–Crippen MR) is 112 cm³/mol. The maximum Gasteiger partial charge on any atom is 0.272 e. The minimum Gasteiger partial charge on any atom is -0.482 e. The van der Waals surface area contributed by atoms with Crippen molar-refractivity contribution in [3.05, 3.63) is 47.5 Å². The van der Waals surface area contributed by atoms with E-state index in [9.17, 15) is 14.4 Å². The number of rotatable bonds is 4. The molecule has 0 atom stereocenters. The number of amides is 3. The molecule has 0 saturated carbocycles. The summed E-state index contributed by atoms with van der Waals surface area (Å²) in [5, 5.41) is 5.55. The molecule has 0 unspecified atom stereocenters. The molecule has 1 aromatic carbocycles. The molecule has 3 amide bonds. The molecule has 2 aliphatic heterocycles. The predicted octanol–water partition coefficient (Wildman–Crippen LogP) is 0.691. The van der Waals surface area contributed by atoms with Gasteiger partial charge in [0.15, 0.2) is 12.3 Å². The van der Waals surface area contributed by atoms with Crippen molar-refractivity contribution in [3.8, 4) is 5.75 Å². The lowest BCUT2D eigenvalue weighted by Gasteiger charge is -2.26. The van der Waals surface area contributed by atoms with E-state index in [-0.39, 0.29) is 30.7 Å². The molecule has 5 rings (SSSR count). The van der Waals surface area contributed by atoms with Gasteiger partial charge in [-0.1, -0.05) is 6.07 Å². The van der Waals surface area contributed by atoms with Crippen LogP contribution in [0.3, 0.4) is 0 Å². The highest BCUT2D eigenvalue weighted by molar-refractivity contribution is 6.10. The Hall–Kier alpha value is -3.99. The summed E-state index contributed by atoms with van der Waals surface area (Å²) in [4.78, 5) is 50.2. The van der Waals surface area contributed by atoms with E-state index < -0.39 is 5.91 Å². The molecule has 1 saturated heterocycles. The lowest BCUT2D eigenvalue weighted by molar-refractivity contribution is -0.118. The maximum absolute atomic E-state index is 12.9. The number of hydrogen-bond donors (Lipinski definition) is 3. The van der Waals surface area contributed by atoms with Crippen molar-refractivity contribution in [3.63, 3.8) is 0 Å². The number of carbonyl (C=O) groups excluding carboxylic acids is 3. The number of ether oxygens (including phenoxy) is 2. The fourth-order valence-corrected chi connectivity index (χ4v) is 3.72. The summed E-state index contributed by atoms with van der Waals surface area (Å²) >= 11 is 0. The lowest BCUT2D eigenvalue weighted by Crippen LogP contribution is -2.40. The number of morpholine rings is 1. The zero-order valence-electron chi connectivity index (χ0n) is 17.0. The Bertz CT molecular complexity index is 1220. The molecule has 1 fully saturated rings. The number of nitrogens with one attached hydrogen (secondary N) is 3. The number of benzene rings is 1. The van der Waals surface area contributed by atoms with E-state index in [4.69, 9.17) is 9.47 Å². The number of nitrogens with zero attached hydrogens (tertiary/aromatic N) is 3. The first-order chi connectivity index (χ1) is 15.6. The van der Waals surface area contributed by atoms with Crippen LogP contribution in [0.15, 0.2) is 30.7 Å². The van der Waals surface area contributed by atoms with Crippen molar-refractivity contribution in [1.82, 2.24) is 25.2 Å². The van der Waals surface area contributed by atoms with Gasteiger partial charge in [-0.15, -0.1) is 0 Å². The Morgan fingerprint density at radius 3 is 2.88 bits per heavy atom. The van der Waals surface area contributed by atoms with Crippen LogP contribution in [0.1, 0.15) is 26.4 Å². The number of fused-ring (bicyclic) bond motifs is 2. The maximum atomic E-state index is 12.9. The van der Waals surface area contributed by atoms with Crippen LogP contribution >= 0.6 is 0 Å². The van der Waals surface area contributed by atoms with Gasteiger partial charge in [0.1, 0.15) is 17.6 Å². The SMILES string of the molecule is O=C1COc2ccc(CNC(=O)c3ncnc4c(C(=O)N5CCOCC5)c[nH]c34)cc2N1. The molecule has 0 radical (unpaired) electrons. The number of hydrogen-bond acceptors (Lipinski definition) is 7. The van der Waals surface area contributed by atoms with E-state index in [0.717, 1.165) is 5.56 Å². The second kappa shape index (κ2) is 8.27. The molecule has 0 spiro atoms. The standard InChI is InChI=1S/C21H20N6O5/c28-16-10-32-15-2-1-12(7-14(15)26-16)8-23-20(29)19-18-17(24-11-25-19)13(9-22-18)21(30)27-3-5-31-6-4-27/h1-2,7,9,11,22H,3-6,8,10H2,(H,23,29)(H,26,28). The zero-order valence-corrected chi connectivity index (χ0v) is 17.0. The van der Waals surface area contributed by atoms with E-state index in [2.05, 4.69) is 25.6 Å². The van der Waals surface area contributed by atoms with Crippen molar-refractivity contribution in [2.24, 2.45) is 0 Å². The second-order valence-electron chi connectivity index (χ2n) is 7.40. The van der Waals surface area contributed by atoms with Crippen LogP contribution in [0.2, 0.25) is 0 Å². The molecule has 2 aliphatic rings. The van der Waals surface area contributed by atoms with Gasteiger partial charge in [-0.05, 0) is 17.7 Å². The van der Waals surface area contributed by atoms with Gasteiger partial charge in [-0.3, -0.25) is 14.4 Å². The summed E-state index contributed by atoms with van der Waals surface area (Å²) in [7, 11) is 0. The third kappa shape index (κ3) is 3.73. The molecule has 32 heavy (non-hydrogen) atoms. The molecule has 4 heterocycles. The molecule has 2 aromatic heterocycles. The van der Waals surface area contributed by atoms with E-state index in [0.29, 0.717) is 54.3 Å². The smallest absolute Gasteiger partial charge is 0.272 e. The number of aromatic amines is 1. The first-order valence-electron chi connectivity index (χ1n) is 10.1. The van der Waals surface area contributed by atoms with Crippen molar-refractivity contribution in [1.29, 1.82) is 0 Å². The van der Waals surface area contributed by atoms with Crippen LogP contribution in [-0.2, 0) is 16.1 Å². The van der Waals surface area contributed by atoms with Crippen molar-refractivity contribution in [2.75, 3.05) is 38.2 Å². The van der Waals surface area contributed by atoms with Gasteiger partial charge < -0.3 is 30.0 Å². The molecule has 3 N–H and O–H groups in total. The largest absolute Gasteiger partial charge is 0.482 e. The quantitative estimate of drug-likeness (QED) is 0.547. The zero-order chi connectivity index (χ0) is 22.1. The second-order valence-corrected chi connectivity index (χ2v) is 7.40. The Morgan fingerprint density at radius 2 is 2.03 bits per heavy atom. The summed E-state index contributed by atoms with van der Waals surface area (Å²) in [6.45, 7) is 2.21. The minimum atomic E-state index is -0.414. The highest BCUT2D eigenvalue weighted by Crippen LogP contribution is 2.28. The van der Waals surface area contributed by atoms with Gasteiger partial charge in [0.05, 0.1) is 30.0 Å². The van der Waals surface area contributed by atoms with Gasteiger partial charge in [-0.2, -0.15) is 0 Å². The highest BCUT2D eigenvalue weighted by Gasteiger charge is 2.24. The molecular weight excluding hydrogens is 416 g/mol. The van der Waals surface area contributed by atoms with Crippen molar-refractivity contribution >= 4 is 34.4 Å². The topological polar surface area (TPSA) is 139 Å². The van der Waals surface area contributed by atoms with Crippen molar-refractivity contribution < 1.29 is 23.9 Å². The normalized spacial score (nSPS) is 15.6. The van der Waals surface area contributed by atoms with E-state index in [1.165, 1.54) is 6.33 Å². The average molecular weight is 436 g/mol. The van der Waals surface area contributed by atoms with Gasteiger partial charge >= 0.3 is 0 Å². The van der Waals surface area contributed by atoms with Crippen LogP contribution in [0.25, 0.3) is 11.0 Å². The first-order valence-corrected chi connectivity index (χ1v) is 10.1. The monoisotopic (exact) mass is 436 g/mol. The molecular formula is C21H20N6O5. The summed E-state index contributed by atoms with van der Waals surface area (Å²) < 4.78 is 10.6.